The molecule has 2 saturated heterocycles. The number of benzene rings is 1. The monoisotopic (exact) mass is 356 g/mol. The lowest BCUT2D eigenvalue weighted by Gasteiger charge is -2.36. The zero-order valence-electron chi connectivity index (χ0n) is 15.2. The number of likely N-dealkylation sites (tertiary alicyclic amines) is 1. The third kappa shape index (κ3) is 2.86. The van der Waals surface area contributed by atoms with Gasteiger partial charge in [-0.05, 0) is 33.0 Å². The summed E-state index contributed by atoms with van der Waals surface area (Å²) >= 11 is 0. The van der Waals surface area contributed by atoms with Gasteiger partial charge in [-0.2, -0.15) is 5.10 Å². The van der Waals surface area contributed by atoms with Crippen LogP contribution in [0, 0.1) is 5.41 Å². The molecule has 0 aliphatic carbocycles. The molecule has 1 aromatic heterocycles. The summed E-state index contributed by atoms with van der Waals surface area (Å²) in [7, 11) is 3.96. The second kappa shape index (κ2) is 6.39. The maximum Gasteiger partial charge on any atom is 0.312 e. The van der Waals surface area contributed by atoms with Crippen LogP contribution >= 0.6 is 0 Å². The zero-order valence-corrected chi connectivity index (χ0v) is 15.2. The summed E-state index contributed by atoms with van der Waals surface area (Å²) in [5, 5.41) is 7.95. The van der Waals surface area contributed by atoms with E-state index >= 15 is 0 Å². The highest BCUT2D eigenvalue weighted by Gasteiger charge is 2.51. The summed E-state index contributed by atoms with van der Waals surface area (Å²) in [6.45, 7) is 1.86. The number of aromatic amines is 1. The van der Waals surface area contributed by atoms with E-state index in [-0.39, 0.29) is 18.0 Å². The molecule has 138 valence electrons. The van der Waals surface area contributed by atoms with Crippen molar-refractivity contribution in [2.24, 2.45) is 5.41 Å². The van der Waals surface area contributed by atoms with Crippen LogP contribution < -0.4 is 0 Å². The van der Waals surface area contributed by atoms with Crippen molar-refractivity contribution in [1.29, 1.82) is 0 Å². The number of aromatic nitrogens is 2. The van der Waals surface area contributed by atoms with Crippen LogP contribution in [0.15, 0.2) is 24.3 Å². The molecule has 0 saturated carbocycles. The number of rotatable bonds is 3. The first-order valence-electron chi connectivity index (χ1n) is 9.07. The van der Waals surface area contributed by atoms with Crippen LogP contribution in [0.5, 0.6) is 0 Å². The first-order valence-corrected chi connectivity index (χ1v) is 9.07. The maximum absolute atomic E-state index is 12.9. The van der Waals surface area contributed by atoms with Gasteiger partial charge in [0.15, 0.2) is 5.69 Å². The molecular weight excluding hydrogens is 332 g/mol. The summed E-state index contributed by atoms with van der Waals surface area (Å²) < 4.78 is 5.59. The van der Waals surface area contributed by atoms with E-state index in [2.05, 4.69) is 10.2 Å². The molecule has 1 unspecified atom stereocenters. The number of likely N-dealkylation sites (N-methyl/N-ethyl adjacent to an activating group) is 1. The molecule has 2 aromatic rings. The fourth-order valence-electron chi connectivity index (χ4n) is 4.17. The van der Waals surface area contributed by atoms with Gasteiger partial charge in [0, 0.05) is 31.4 Å². The molecule has 1 N–H and O–H groups in total. The first-order chi connectivity index (χ1) is 12.5. The van der Waals surface area contributed by atoms with E-state index in [1.807, 2.05) is 43.3 Å². The predicted molar refractivity (Wildman–Crippen MR) is 96.7 cm³/mol. The standard InChI is InChI=1S/C19H24N4O3/c1-22(2)12-13-11-19(18(25)26-13)7-9-23(10-8-19)17(24)16-14-5-3-4-6-15(14)20-21-16/h3-6,13H,7-12H2,1-2H3,(H,20,21). The van der Waals surface area contributed by atoms with E-state index in [0.29, 0.717) is 31.6 Å². The number of piperidine rings is 1. The molecule has 0 radical (unpaired) electrons. The number of para-hydroxylation sites is 1. The topological polar surface area (TPSA) is 78.5 Å². The van der Waals surface area contributed by atoms with Crippen molar-refractivity contribution in [2.75, 3.05) is 33.7 Å². The van der Waals surface area contributed by atoms with Gasteiger partial charge in [-0.3, -0.25) is 14.7 Å². The average Bonchev–Trinajstić information content (AvgIpc) is 3.16. The van der Waals surface area contributed by atoms with Crippen LogP contribution in [-0.2, 0) is 9.53 Å². The minimum Gasteiger partial charge on any atom is -0.461 e. The molecule has 2 aliphatic heterocycles. The second-order valence-electron chi connectivity index (χ2n) is 7.68. The number of amides is 1. The molecule has 0 bridgehead atoms. The van der Waals surface area contributed by atoms with Crippen LogP contribution in [-0.4, -0.2) is 71.7 Å². The molecule has 1 amide bonds. The van der Waals surface area contributed by atoms with E-state index in [1.54, 1.807) is 4.90 Å². The van der Waals surface area contributed by atoms with Gasteiger partial charge >= 0.3 is 5.97 Å². The maximum atomic E-state index is 12.9. The number of fused-ring (bicyclic) bond motifs is 1. The van der Waals surface area contributed by atoms with E-state index in [4.69, 9.17) is 4.74 Å². The van der Waals surface area contributed by atoms with Gasteiger partial charge in [-0.1, -0.05) is 18.2 Å². The van der Waals surface area contributed by atoms with Crippen LogP contribution in [0.3, 0.4) is 0 Å². The largest absolute Gasteiger partial charge is 0.461 e. The number of nitrogens with one attached hydrogen (secondary N) is 1. The molecule has 1 atom stereocenters. The fraction of sp³-hybridized carbons (Fsp3) is 0.526. The van der Waals surface area contributed by atoms with Crippen molar-refractivity contribution in [3.63, 3.8) is 0 Å². The number of cyclic esters (lactones) is 1. The Morgan fingerprint density at radius 2 is 2.08 bits per heavy atom. The Hall–Kier alpha value is -2.41. The first kappa shape index (κ1) is 17.0. The van der Waals surface area contributed by atoms with Gasteiger partial charge in [0.2, 0.25) is 0 Å². The van der Waals surface area contributed by atoms with Gasteiger partial charge in [0.25, 0.3) is 5.91 Å². The highest BCUT2D eigenvalue weighted by Crippen LogP contribution is 2.43. The van der Waals surface area contributed by atoms with Gasteiger partial charge in [-0.25, -0.2) is 0 Å². The van der Waals surface area contributed by atoms with E-state index < -0.39 is 5.41 Å². The van der Waals surface area contributed by atoms with Crippen molar-refractivity contribution in [3.05, 3.63) is 30.0 Å². The quantitative estimate of drug-likeness (QED) is 0.847. The number of hydrogen-bond donors (Lipinski definition) is 1. The fourth-order valence-corrected chi connectivity index (χ4v) is 4.17. The lowest BCUT2D eigenvalue weighted by Crippen LogP contribution is -2.45. The number of H-pyrrole nitrogens is 1. The summed E-state index contributed by atoms with van der Waals surface area (Å²) in [6.07, 6.45) is 2.01. The molecule has 4 rings (SSSR count). The summed E-state index contributed by atoms with van der Waals surface area (Å²) in [5.41, 5.74) is 0.886. The minimum absolute atomic E-state index is 0.0463. The molecule has 3 heterocycles. The van der Waals surface area contributed by atoms with Gasteiger partial charge < -0.3 is 14.5 Å². The van der Waals surface area contributed by atoms with Crippen molar-refractivity contribution in [3.8, 4) is 0 Å². The lowest BCUT2D eigenvalue weighted by atomic mass is 9.76. The highest BCUT2D eigenvalue weighted by molar-refractivity contribution is 6.04. The molecule has 2 fully saturated rings. The summed E-state index contributed by atoms with van der Waals surface area (Å²) in [4.78, 5) is 29.2. The Bertz CT molecular complexity index is 836. The van der Waals surface area contributed by atoms with Gasteiger partial charge in [0.05, 0.1) is 10.9 Å². The van der Waals surface area contributed by atoms with Crippen molar-refractivity contribution >= 4 is 22.8 Å². The lowest BCUT2D eigenvalue weighted by molar-refractivity contribution is -0.150. The molecule has 7 heteroatoms. The minimum atomic E-state index is -0.425. The van der Waals surface area contributed by atoms with Crippen molar-refractivity contribution in [2.45, 2.75) is 25.4 Å². The van der Waals surface area contributed by atoms with Gasteiger partial charge in [-0.15, -0.1) is 0 Å². The van der Waals surface area contributed by atoms with Crippen molar-refractivity contribution < 1.29 is 14.3 Å². The average molecular weight is 356 g/mol. The molecule has 2 aliphatic rings. The summed E-state index contributed by atoms with van der Waals surface area (Å²) in [5.74, 6) is -0.171. The Morgan fingerprint density at radius 1 is 1.35 bits per heavy atom. The molecule has 7 nitrogen and oxygen atoms in total. The Kier molecular flexibility index (Phi) is 4.19. The Morgan fingerprint density at radius 3 is 2.81 bits per heavy atom. The van der Waals surface area contributed by atoms with Crippen LogP contribution in [0.25, 0.3) is 10.9 Å². The number of ether oxygens (including phenoxy) is 1. The van der Waals surface area contributed by atoms with Crippen LogP contribution in [0.2, 0.25) is 0 Å². The normalized spacial score (nSPS) is 22.3. The van der Waals surface area contributed by atoms with E-state index in [0.717, 1.165) is 23.9 Å². The van der Waals surface area contributed by atoms with Crippen LogP contribution in [0.1, 0.15) is 29.8 Å². The molecule has 26 heavy (non-hydrogen) atoms. The van der Waals surface area contributed by atoms with Crippen molar-refractivity contribution in [1.82, 2.24) is 20.0 Å². The zero-order chi connectivity index (χ0) is 18.3. The van der Waals surface area contributed by atoms with E-state index in [1.165, 1.54) is 0 Å². The Balaban J connectivity index is 1.45. The third-order valence-electron chi connectivity index (χ3n) is 5.57. The second-order valence-corrected chi connectivity index (χ2v) is 7.68. The summed E-state index contributed by atoms with van der Waals surface area (Å²) in [6, 6.07) is 7.62. The third-order valence-corrected chi connectivity index (χ3v) is 5.57. The number of hydrogen-bond acceptors (Lipinski definition) is 5. The van der Waals surface area contributed by atoms with Gasteiger partial charge in [0.1, 0.15) is 6.10 Å². The number of carbonyl (C=O) groups is 2. The van der Waals surface area contributed by atoms with E-state index in [9.17, 15) is 9.59 Å². The number of esters is 1. The highest BCUT2D eigenvalue weighted by atomic mass is 16.6. The molecule has 1 spiro atoms. The molecular formula is C19H24N4O3. The SMILES string of the molecule is CN(C)CC1CC2(CCN(C(=O)c3n[nH]c4ccccc34)CC2)C(=O)O1. The molecule has 1 aromatic carbocycles. The Labute approximate surface area is 152 Å². The smallest absolute Gasteiger partial charge is 0.312 e. The number of nitrogens with zero attached hydrogens (tertiary/aromatic N) is 3. The number of carbonyl (C=O) groups excluding carboxylic acids is 2. The predicted octanol–water partition coefficient (Wildman–Crippen LogP) is 1.66. The van der Waals surface area contributed by atoms with Crippen LogP contribution in [0.4, 0.5) is 0 Å².